The maximum Gasteiger partial charge on any atom is 0.268 e. The van der Waals surface area contributed by atoms with E-state index in [9.17, 15) is 18.4 Å². The normalized spacial score (nSPS) is 17.4. The number of amides is 2. The average Bonchev–Trinajstić information content (AvgIpc) is 3.09. The van der Waals surface area contributed by atoms with Crippen LogP contribution < -0.4 is 15.8 Å². The Balaban J connectivity index is 1.69. The summed E-state index contributed by atoms with van der Waals surface area (Å²) in [5, 5.41) is 12.0. The lowest BCUT2D eigenvalue weighted by molar-refractivity contribution is -0.131. The van der Waals surface area contributed by atoms with E-state index in [-0.39, 0.29) is 5.56 Å². The largest absolute Gasteiger partial charge is 0.494 e. The van der Waals surface area contributed by atoms with Crippen molar-refractivity contribution in [1.29, 1.82) is 5.26 Å². The number of carbonyl (C=O) groups excluding carboxylic acids is 2. The zero-order chi connectivity index (χ0) is 22.4. The Bertz CT molecular complexity index is 1010. The van der Waals surface area contributed by atoms with Gasteiger partial charge in [0.2, 0.25) is 5.91 Å². The lowest BCUT2D eigenvalue weighted by Crippen LogP contribution is -2.43. The van der Waals surface area contributed by atoms with Gasteiger partial charge in [0.25, 0.3) is 11.8 Å². The fraction of sp³-hybridized carbons (Fsp3) is 0.429. The van der Waals surface area contributed by atoms with Crippen molar-refractivity contribution in [3.05, 3.63) is 36.0 Å². The molecule has 0 radical (unpaired) electrons. The number of nitrogens with zero attached hydrogens (tertiary/aromatic N) is 3. The number of halogens is 2. The van der Waals surface area contributed by atoms with Gasteiger partial charge in [0.05, 0.1) is 36.8 Å². The highest BCUT2D eigenvalue weighted by atomic mass is 19.3. The van der Waals surface area contributed by atoms with Crippen LogP contribution in [0.1, 0.15) is 29.6 Å². The van der Waals surface area contributed by atoms with Gasteiger partial charge in [-0.05, 0) is 43.7 Å². The summed E-state index contributed by atoms with van der Waals surface area (Å²) in [7, 11) is 0. The summed E-state index contributed by atoms with van der Waals surface area (Å²) in [6, 6.07) is 7.16. The van der Waals surface area contributed by atoms with E-state index in [4.69, 9.17) is 15.7 Å². The van der Waals surface area contributed by atoms with Crippen molar-refractivity contribution in [2.75, 3.05) is 26.2 Å². The van der Waals surface area contributed by atoms with Crippen LogP contribution >= 0.6 is 0 Å². The number of alkyl halides is 2. The first kappa shape index (κ1) is 22.4. The Morgan fingerprint density at radius 1 is 1.35 bits per heavy atom. The Kier molecular flexibility index (Phi) is 6.97. The summed E-state index contributed by atoms with van der Waals surface area (Å²) in [4.78, 5) is 30.0. The fourth-order valence-electron chi connectivity index (χ4n) is 3.40. The van der Waals surface area contributed by atoms with Crippen molar-refractivity contribution >= 4 is 22.7 Å². The van der Waals surface area contributed by atoms with Crippen LogP contribution in [0.3, 0.4) is 0 Å². The van der Waals surface area contributed by atoms with Crippen LogP contribution in [0, 0.1) is 11.3 Å². The number of nitrogens with one attached hydrogen (secondary N) is 1. The molecule has 0 saturated carbocycles. The van der Waals surface area contributed by atoms with E-state index in [1.165, 1.54) is 12.3 Å². The second-order valence-electron chi connectivity index (χ2n) is 7.29. The molecule has 2 heterocycles. The third-order valence-corrected chi connectivity index (χ3v) is 4.96. The number of aromatic nitrogens is 1. The van der Waals surface area contributed by atoms with Crippen molar-refractivity contribution in [2.45, 2.75) is 31.2 Å². The minimum Gasteiger partial charge on any atom is -0.494 e. The third-order valence-electron chi connectivity index (χ3n) is 4.96. The third kappa shape index (κ3) is 5.44. The Labute approximate surface area is 178 Å². The van der Waals surface area contributed by atoms with Gasteiger partial charge in [-0.1, -0.05) is 0 Å². The molecule has 10 heteroatoms. The zero-order valence-electron chi connectivity index (χ0n) is 16.8. The number of ether oxygens (including phenoxy) is 1. The van der Waals surface area contributed by atoms with Gasteiger partial charge in [0.1, 0.15) is 11.8 Å². The molecule has 8 nitrogen and oxygen atoms in total. The molecule has 1 aromatic carbocycles. The molecular formula is C21H23F2N5O3. The Morgan fingerprint density at radius 3 is 2.90 bits per heavy atom. The molecular weight excluding hydrogens is 408 g/mol. The second kappa shape index (κ2) is 9.66. The minimum atomic E-state index is -3.11. The van der Waals surface area contributed by atoms with Crippen molar-refractivity contribution in [2.24, 2.45) is 5.73 Å². The van der Waals surface area contributed by atoms with Crippen LogP contribution in [0.2, 0.25) is 0 Å². The van der Waals surface area contributed by atoms with Crippen LogP contribution in [0.5, 0.6) is 5.75 Å². The van der Waals surface area contributed by atoms with Gasteiger partial charge in [0, 0.05) is 18.0 Å². The molecule has 0 bridgehead atoms. The number of hydrogen-bond acceptors (Lipinski definition) is 6. The summed E-state index contributed by atoms with van der Waals surface area (Å²) >= 11 is 0. The number of hydrogen-bond donors (Lipinski definition) is 2. The van der Waals surface area contributed by atoms with Crippen LogP contribution in [-0.2, 0) is 4.79 Å². The van der Waals surface area contributed by atoms with E-state index in [2.05, 4.69) is 10.3 Å². The van der Waals surface area contributed by atoms with E-state index in [1.54, 1.807) is 24.3 Å². The van der Waals surface area contributed by atoms with Gasteiger partial charge < -0.3 is 20.7 Å². The lowest BCUT2D eigenvalue weighted by Gasteiger charge is -2.19. The number of nitrogens with two attached hydrogens (primary N) is 1. The summed E-state index contributed by atoms with van der Waals surface area (Å²) in [6.07, 6.45) is 2.41. The van der Waals surface area contributed by atoms with Crippen LogP contribution in [-0.4, -0.2) is 59.9 Å². The molecule has 3 rings (SSSR count). The first-order valence-corrected chi connectivity index (χ1v) is 9.91. The molecule has 1 aliphatic heterocycles. The van der Waals surface area contributed by atoms with Crippen molar-refractivity contribution < 1.29 is 23.1 Å². The maximum absolute atomic E-state index is 13.5. The standard InChI is InChI=1S/C21H23F2N5O3/c22-21(23)10-14(11-25)28(13-21)19(29)12-27-20(30)16-5-7-26-18-4-3-15(9-17(16)18)31-8-2-1-6-24/h3-5,7,9,14H,1-2,6,8,10,12-13,24H2,(H,27,30)/t14-/m0/s1. The van der Waals surface area contributed by atoms with Gasteiger partial charge >= 0.3 is 0 Å². The molecule has 2 aromatic rings. The molecule has 1 aliphatic rings. The van der Waals surface area contributed by atoms with Gasteiger partial charge in [-0.2, -0.15) is 5.26 Å². The molecule has 1 atom stereocenters. The second-order valence-corrected chi connectivity index (χ2v) is 7.29. The average molecular weight is 431 g/mol. The smallest absolute Gasteiger partial charge is 0.268 e. The van der Waals surface area contributed by atoms with Crippen LogP contribution in [0.4, 0.5) is 8.78 Å². The highest BCUT2D eigenvalue weighted by Gasteiger charge is 2.47. The molecule has 0 unspecified atom stereocenters. The van der Waals surface area contributed by atoms with Gasteiger partial charge in [-0.25, -0.2) is 8.78 Å². The number of carbonyl (C=O) groups is 2. The minimum absolute atomic E-state index is 0.272. The highest BCUT2D eigenvalue weighted by Crippen LogP contribution is 2.31. The topological polar surface area (TPSA) is 121 Å². The van der Waals surface area contributed by atoms with E-state index in [0.29, 0.717) is 29.8 Å². The number of nitriles is 1. The van der Waals surface area contributed by atoms with Crippen molar-refractivity contribution in [1.82, 2.24) is 15.2 Å². The summed E-state index contributed by atoms with van der Waals surface area (Å²) in [5.74, 6) is -3.83. The number of rotatable bonds is 8. The molecule has 2 amide bonds. The fourth-order valence-corrected chi connectivity index (χ4v) is 3.40. The number of fused-ring (bicyclic) bond motifs is 1. The molecule has 1 saturated heterocycles. The van der Waals surface area contributed by atoms with E-state index in [0.717, 1.165) is 17.7 Å². The first-order chi connectivity index (χ1) is 14.8. The van der Waals surface area contributed by atoms with Gasteiger partial charge in [-0.15, -0.1) is 0 Å². The first-order valence-electron chi connectivity index (χ1n) is 9.91. The number of likely N-dealkylation sites (tertiary alicyclic amines) is 1. The molecule has 0 aliphatic carbocycles. The quantitative estimate of drug-likeness (QED) is 0.615. The summed E-state index contributed by atoms with van der Waals surface area (Å²) < 4.78 is 32.8. The Hall–Kier alpha value is -3.32. The Morgan fingerprint density at radius 2 is 2.16 bits per heavy atom. The van der Waals surface area contributed by atoms with Crippen LogP contribution in [0.15, 0.2) is 30.5 Å². The predicted octanol–water partition coefficient (Wildman–Crippen LogP) is 1.84. The summed E-state index contributed by atoms with van der Waals surface area (Å²) in [6.45, 7) is -0.257. The van der Waals surface area contributed by atoms with Crippen LogP contribution in [0.25, 0.3) is 10.9 Å². The molecule has 1 fully saturated rings. The summed E-state index contributed by atoms with van der Waals surface area (Å²) in [5.41, 5.74) is 6.30. The van der Waals surface area contributed by atoms with Gasteiger partial charge in [-0.3, -0.25) is 14.6 Å². The highest BCUT2D eigenvalue weighted by molar-refractivity contribution is 6.07. The maximum atomic E-state index is 13.5. The number of benzene rings is 1. The van der Waals surface area contributed by atoms with E-state index >= 15 is 0 Å². The lowest BCUT2D eigenvalue weighted by atomic mass is 10.1. The number of pyridine rings is 1. The number of unbranched alkanes of at least 4 members (excludes halogenated alkanes) is 1. The molecule has 0 spiro atoms. The van der Waals surface area contributed by atoms with E-state index in [1.807, 2.05) is 0 Å². The van der Waals surface area contributed by atoms with Gasteiger partial charge in [0.15, 0.2) is 0 Å². The van der Waals surface area contributed by atoms with Crippen molar-refractivity contribution in [3.8, 4) is 11.8 Å². The SMILES string of the molecule is N#C[C@@H]1CC(F)(F)CN1C(=O)CNC(=O)c1ccnc2ccc(OCCCCN)cc12. The van der Waals surface area contributed by atoms with Crippen molar-refractivity contribution in [3.63, 3.8) is 0 Å². The molecule has 3 N–H and O–H groups in total. The molecule has 164 valence electrons. The molecule has 31 heavy (non-hydrogen) atoms. The monoisotopic (exact) mass is 431 g/mol. The predicted molar refractivity (Wildman–Crippen MR) is 109 cm³/mol. The zero-order valence-corrected chi connectivity index (χ0v) is 16.8. The molecule has 1 aromatic heterocycles. The van der Waals surface area contributed by atoms with E-state index < -0.39 is 43.3 Å².